The number of allylic oxidation sites excluding steroid dienone is 6. The summed E-state index contributed by atoms with van der Waals surface area (Å²) < 4.78 is 23.2. The van der Waals surface area contributed by atoms with Crippen molar-refractivity contribution in [2.75, 3.05) is 20.8 Å². The third kappa shape index (κ3) is 10.2. The highest BCUT2D eigenvalue weighted by atomic mass is 16.6. The fourth-order valence-corrected chi connectivity index (χ4v) is 8.70. The van der Waals surface area contributed by atoms with E-state index in [1.165, 1.54) is 12.0 Å². The normalized spacial score (nSPS) is 41.6. The smallest absolute Gasteiger partial charge is 0.329 e. The standard InChI is InChI=1S/C43H63NO11/c1-24-14-11-10-12-15-25(2)34(52-8)22-31-18-17-29(6)43(51,55-31)40(48)41(49)44-19-13-16-32-30(7)35(54-42(50)36(32)44)23-33(45)26(3)21-28(5)38(47)39(53-9)37(46)27(4)20-24/h10-12,14-15,21,24,26-27,29-32,34-36,38-39,47,51H,13,16-20,22-23H2,1-9H3/b12-10+,14-11+,25-15?,28-21+/t24-,26-,27-,29-,30+,31+,32?,34+,35+,36+,38-,39+,43-/m1/s1. The zero-order chi connectivity index (χ0) is 40.8. The van der Waals surface area contributed by atoms with E-state index in [4.69, 9.17) is 18.9 Å². The van der Waals surface area contributed by atoms with E-state index in [0.29, 0.717) is 44.1 Å². The summed E-state index contributed by atoms with van der Waals surface area (Å²) >= 11 is 0. The topological polar surface area (TPSA) is 166 Å². The van der Waals surface area contributed by atoms with E-state index in [1.54, 1.807) is 34.0 Å². The van der Waals surface area contributed by atoms with Crippen LogP contribution < -0.4 is 0 Å². The number of ether oxygens (including phenoxy) is 4. The lowest BCUT2D eigenvalue weighted by molar-refractivity contribution is -0.266. The van der Waals surface area contributed by atoms with Crippen molar-refractivity contribution in [3.05, 3.63) is 47.6 Å². The Morgan fingerprint density at radius 2 is 1.60 bits per heavy atom. The molecular weight excluding hydrogens is 706 g/mol. The van der Waals surface area contributed by atoms with Crippen LogP contribution in [0, 0.1) is 35.5 Å². The van der Waals surface area contributed by atoms with Crippen LogP contribution in [0.1, 0.15) is 93.4 Å². The Morgan fingerprint density at radius 1 is 0.891 bits per heavy atom. The number of fused-ring (bicyclic) bond motifs is 16. The predicted octanol–water partition coefficient (Wildman–Crippen LogP) is 4.85. The maximum Gasteiger partial charge on any atom is 0.329 e. The van der Waals surface area contributed by atoms with Gasteiger partial charge in [-0.15, -0.1) is 0 Å². The molecule has 12 nitrogen and oxygen atoms in total. The largest absolute Gasteiger partial charge is 0.460 e. The van der Waals surface area contributed by atoms with Crippen LogP contribution >= 0.6 is 0 Å². The number of aliphatic hydroxyl groups excluding tert-OH is 1. The summed E-state index contributed by atoms with van der Waals surface area (Å²) in [6.07, 6.45) is 9.95. The van der Waals surface area contributed by atoms with Crippen molar-refractivity contribution in [1.82, 2.24) is 4.90 Å². The number of Topliss-reactive ketones (excluding diaryl/α,β-unsaturated/α-hetero) is 3. The molecule has 306 valence electrons. The third-order valence-corrected chi connectivity index (χ3v) is 12.4. The van der Waals surface area contributed by atoms with Crippen molar-refractivity contribution >= 4 is 29.2 Å². The van der Waals surface area contributed by atoms with Gasteiger partial charge in [-0.2, -0.15) is 0 Å². The molecule has 1 unspecified atom stereocenters. The van der Waals surface area contributed by atoms with Crippen LogP contribution in [0.5, 0.6) is 0 Å². The fourth-order valence-electron chi connectivity index (χ4n) is 8.70. The van der Waals surface area contributed by atoms with Gasteiger partial charge in [0.15, 0.2) is 5.78 Å². The van der Waals surface area contributed by atoms with Crippen molar-refractivity contribution in [2.24, 2.45) is 35.5 Å². The van der Waals surface area contributed by atoms with Crippen LogP contribution in [0.4, 0.5) is 0 Å². The van der Waals surface area contributed by atoms with E-state index in [-0.39, 0.29) is 42.3 Å². The molecule has 55 heavy (non-hydrogen) atoms. The molecule has 0 aromatic carbocycles. The highest BCUT2D eigenvalue weighted by Crippen LogP contribution is 2.41. The van der Waals surface area contributed by atoms with Gasteiger partial charge in [0.05, 0.1) is 12.2 Å². The van der Waals surface area contributed by atoms with Gasteiger partial charge in [0, 0.05) is 51.4 Å². The lowest BCUT2D eigenvalue weighted by Gasteiger charge is -2.48. The number of amides is 1. The van der Waals surface area contributed by atoms with E-state index in [0.717, 1.165) is 5.57 Å². The Bertz CT molecular complexity index is 1550. The van der Waals surface area contributed by atoms with Crippen molar-refractivity contribution in [3.8, 4) is 0 Å². The van der Waals surface area contributed by atoms with Gasteiger partial charge in [0.2, 0.25) is 5.79 Å². The zero-order valence-electron chi connectivity index (χ0n) is 34.1. The second-order valence-electron chi connectivity index (χ2n) is 16.5. The number of methoxy groups -OCH3 is 2. The van der Waals surface area contributed by atoms with Crippen LogP contribution in [0.15, 0.2) is 47.6 Å². The van der Waals surface area contributed by atoms with Crippen molar-refractivity contribution < 1.29 is 53.1 Å². The maximum atomic E-state index is 14.0. The number of hydrogen-bond acceptors (Lipinski definition) is 11. The summed E-state index contributed by atoms with van der Waals surface area (Å²) in [4.78, 5) is 69.8. The number of rotatable bonds is 2. The number of piperidine rings is 1. The second-order valence-corrected chi connectivity index (χ2v) is 16.5. The lowest BCUT2D eigenvalue weighted by Crippen LogP contribution is -2.64. The molecular formula is C43H63NO11. The van der Waals surface area contributed by atoms with Gasteiger partial charge in [0.25, 0.3) is 11.7 Å². The third-order valence-electron chi connectivity index (χ3n) is 12.4. The Balaban J connectivity index is 1.66. The van der Waals surface area contributed by atoms with E-state index in [2.05, 4.69) is 0 Å². The molecule has 1 amide bonds. The minimum atomic E-state index is -2.38. The number of carbonyl (C=O) groups excluding carboxylic acids is 5. The Kier molecular flexibility index (Phi) is 15.5. The summed E-state index contributed by atoms with van der Waals surface area (Å²) in [6, 6.07) is -1.04. The van der Waals surface area contributed by atoms with Crippen LogP contribution in [-0.2, 0) is 42.9 Å². The van der Waals surface area contributed by atoms with E-state index in [1.807, 2.05) is 58.1 Å². The molecule has 5 aliphatic heterocycles. The molecule has 13 atom stereocenters. The van der Waals surface area contributed by atoms with Crippen molar-refractivity contribution in [2.45, 2.75) is 136 Å². The minimum absolute atomic E-state index is 0.0439. The zero-order valence-corrected chi connectivity index (χ0v) is 34.1. The number of aliphatic hydroxyl groups is 2. The number of hydrogen-bond donors (Lipinski definition) is 2. The molecule has 3 fully saturated rings. The molecule has 0 spiro atoms. The van der Waals surface area contributed by atoms with Crippen LogP contribution in [0.25, 0.3) is 0 Å². The lowest BCUT2D eigenvalue weighted by atomic mass is 9.74. The highest BCUT2D eigenvalue weighted by Gasteiger charge is 2.56. The second kappa shape index (κ2) is 19.2. The van der Waals surface area contributed by atoms with Crippen molar-refractivity contribution in [3.63, 3.8) is 0 Å². The quantitative estimate of drug-likeness (QED) is 0.224. The van der Waals surface area contributed by atoms with Gasteiger partial charge in [-0.3, -0.25) is 19.2 Å². The van der Waals surface area contributed by atoms with Gasteiger partial charge >= 0.3 is 5.97 Å². The molecule has 2 N–H and O–H groups in total. The van der Waals surface area contributed by atoms with Crippen LogP contribution in [0.3, 0.4) is 0 Å². The molecule has 0 aromatic heterocycles. The number of carbonyl (C=O) groups is 5. The minimum Gasteiger partial charge on any atom is -0.460 e. The molecule has 0 aromatic rings. The average Bonchev–Trinajstić information content (AvgIpc) is 3.15. The Morgan fingerprint density at radius 3 is 2.27 bits per heavy atom. The fraction of sp³-hybridized carbons (Fsp3) is 0.698. The maximum absolute atomic E-state index is 14.0. The number of esters is 1. The van der Waals surface area contributed by atoms with Gasteiger partial charge < -0.3 is 34.1 Å². The molecule has 0 aliphatic carbocycles. The SMILES string of the molecule is CO[C@H]1C[C@@H]2CC[C@@H](C)[C@@](O)(O2)C(=O)C(=O)N2CCCC3[C@H]2C(=O)O[C@@H](CC(=O)[C@H](C)/C=C(\C)[C@@H](O)[C@@H](OC)C(=O)[C@H](C)C[C@H](C)/C=C/C=C/C=C1C)[C@H]3C. The van der Waals surface area contributed by atoms with Crippen LogP contribution in [-0.4, -0.2) is 107 Å². The molecule has 3 saturated heterocycles. The average molecular weight is 770 g/mol. The van der Waals surface area contributed by atoms with E-state index < -0.39 is 77.8 Å². The molecule has 12 heteroatoms. The van der Waals surface area contributed by atoms with Crippen LogP contribution in [0.2, 0.25) is 0 Å². The first-order chi connectivity index (χ1) is 25.9. The van der Waals surface area contributed by atoms with Gasteiger partial charge in [-0.05, 0) is 74.9 Å². The van der Waals surface area contributed by atoms with Gasteiger partial charge in [-0.25, -0.2) is 4.79 Å². The number of nitrogens with zero attached hydrogens (tertiary/aromatic N) is 1. The summed E-state index contributed by atoms with van der Waals surface area (Å²) in [5.74, 6) is -8.03. The summed E-state index contributed by atoms with van der Waals surface area (Å²) in [5, 5.41) is 23.0. The first-order valence-electron chi connectivity index (χ1n) is 19.9. The first-order valence-corrected chi connectivity index (χ1v) is 19.9. The summed E-state index contributed by atoms with van der Waals surface area (Å²) in [5.41, 5.74) is 1.31. The Hall–Kier alpha value is -3.29. The molecule has 5 aliphatic rings. The predicted molar refractivity (Wildman–Crippen MR) is 205 cm³/mol. The summed E-state index contributed by atoms with van der Waals surface area (Å²) in [7, 11) is 2.96. The molecule has 5 heterocycles. The van der Waals surface area contributed by atoms with Gasteiger partial charge in [0.1, 0.15) is 30.1 Å². The first kappa shape index (κ1) is 44.4. The monoisotopic (exact) mass is 769 g/mol. The van der Waals surface area contributed by atoms with E-state index in [9.17, 15) is 34.2 Å². The highest BCUT2D eigenvalue weighted by molar-refractivity contribution is 6.39. The number of ketones is 3. The van der Waals surface area contributed by atoms with E-state index >= 15 is 0 Å². The van der Waals surface area contributed by atoms with Gasteiger partial charge in [-0.1, -0.05) is 71.1 Å². The molecule has 0 saturated carbocycles. The molecule has 0 radical (unpaired) electrons. The molecule has 6 bridgehead atoms. The van der Waals surface area contributed by atoms with Crippen molar-refractivity contribution in [1.29, 1.82) is 0 Å². The molecule has 5 rings (SSSR count). The Labute approximate surface area is 326 Å². The summed E-state index contributed by atoms with van der Waals surface area (Å²) in [6.45, 7) is 12.8.